The maximum atomic E-state index is 11.5. The summed E-state index contributed by atoms with van der Waals surface area (Å²) in [5.74, 6) is 1.25. The average molecular weight is 194 g/mol. The van der Waals surface area contributed by atoms with Crippen molar-refractivity contribution in [3.8, 4) is 0 Å². The fourth-order valence-electron chi connectivity index (χ4n) is 2.08. The molecule has 1 aliphatic rings. The molecule has 0 radical (unpaired) electrons. The Morgan fingerprint density at radius 3 is 3.00 bits per heavy atom. The van der Waals surface area contributed by atoms with E-state index < -0.39 is 0 Å². The lowest BCUT2D eigenvalue weighted by atomic mass is 9.79. The van der Waals surface area contributed by atoms with Crippen LogP contribution < -0.4 is 0 Å². The van der Waals surface area contributed by atoms with Crippen LogP contribution in [-0.2, 0) is 4.79 Å². The van der Waals surface area contributed by atoms with Gasteiger partial charge < -0.3 is 0 Å². The molecule has 0 aromatic heterocycles. The summed E-state index contributed by atoms with van der Waals surface area (Å²) in [5.41, 5.74) is 0. The Bertz CT molecular complexity index is 205. The zero-order valence-electron chi connectivity index (χ0n) is 9.46. The van der Waals surface area contributed by atoms with Gasteiger partial charge in [0.1, 0.15) is 5.78 Å². The molecule has 1 fully saturated rings. The van der Waals surface area contributed by atoms with Crippen molar-refractivity contribution in [2.45, 2.75) is 52.4 Å². The number of ketones is 1. The van der Waals surface area contributed by atoms with Crippen molar-refractivity contribution in [3.05, 3.63) is 12.2 Å². The Labute approximate surface area is 87.6 Å². The fourth-order valence-corrected chi connectivity index (χ4v) is 2.08. The highest BCUT2D eigenvalue weighted by Crippen LogP contribution is 2.28. The molecule has 0 saturated heterocycles. The van der Waals surface area contributed by atoms with E-state index in [9.17, 15) is 4.79 Å². The number of hydrogen-bond acceptors (Lipinski definition) is 1. The van der Waals surface area contributed by atoms with Crippen LogP contribution in [0.2, 0.25) is 0 Å². The van der Waals surface area contributed by atoms with E-state index in [1.54, 1.807) is 0 Å². The molecule has 0 heterocycles. The molecule has 0 amide bonds. The van der Waals surface area contributed by atoms with Crippen LogP contribution in [0.4, 0.5) is 0 Å². The van der Waals surface area contributed by atoms with Crippen LogP contribution in [-0.4, -0.2) is 5.78 Å². The Morgan fingerprint density at radius 2 is 2.29 bits per heavy atom. The zero-order chi connectivity index (χ0) is 10.4. The number of allylic oxidation sites excluding steroid dienone is 2. The third-order valence-corrected chi connectivity index (χ3v) is 3.22. The van der Waals surface area contributed by atoms with E-state index in [0.29, 0.717) is 11.7 Å². The van der Waals surface area contributed by atoms with Crippen LogP contribution in [0, 0.1) is 11.8 Å². The predicted molar refractivity (Wildman–Crippen MR) is 60.2 cm³/mol. The van der Waals surface area contributed by atoms with Gasteiger partial charge in [-0.1, -0.05) is 38.8 Å². The molecule has 0 unspecified atom stereocenters. The molecular weight excluding hydrogens is 172 g/mol. The van der Waals surface area contributed by atoms with E-state index in [0.717, 1.165) is 12.8 Å². The minimum atomic E-state index is 0.265. The minimum Gasteiger partial charge on any atom is -0.299 e. The lowest BCUT2D eigenvalue weighted by Gasteiger charge is -2.24. The van der Waals surface area contributed by atoms with Gasteiger partial charge in [-0.3, -0.25) is 4.79 Å². The highest BCUT2D eigenvalue weighted by molar-refractivity contribution is 5.81. The molecule has 1 nitrogen and oxygen atoms in total. The molecule has 1 heteroatoms. The Hall–Kier alpha value is -0.590. The Kier molecular flexibility index (Phi) is 4.92. The second kappa shape index (κ2) is 6.00. The SMILES string of the molecule is CCCC/C=C/[C@@H]1CCCC(=O)[C@@H]1C. The number of unbranched alkanes of at least 4 members (excludes halogenated alkanes) is 2. The van der Waals surface area contributed by atoms with Gasteiger partial charge in [0.25, 0.3) is 0 Å². The molecule has 2 atom stereocenters. The number of carbonyl (C=O) groups excluding carboxylic acids is 1. The highest BCUT2D eigenvalue weighted by atomic mass is 16.1. The molecule has 0 spiro atoms. The van der Waals surface area contributed by atoms with Gasteiger partial charge in [-0.25, -0.2) is 0 Å². The molecule has 1 rings (SSSR count). The zero-order valence-corrected chi connectivity index (χ0v) is 9.46. The smallest absolute Gasteiger partial charge is 0.136 e. The van der Waals surface area contributed by atoms with Crippen LogP contribution in [0.1, 0.15) is 52.4 Å². The molecule has 1 aliphatic carbocycles. The molecule has 80 valence electrons. The summed E-state index contributed by atoms with van der Waals surface area (Å²) in [6, 6.07) is 0. The van der Waals surface area contributed by atoms with Gasteiger partial charge in [0.2, 0.25) is 0 Å². The lowest BCUT2D eigenvalue weighted by molar-refractivity contribution is -0.125. The van der Waals surface area contributed by atoms with E-state index in [4.69, 9.17) is 0 Å². The summed E-state index contributed by atoms with van der Waals surface area (Å²) >= 11 is 0. The van der Waals surface area contributed by atoms with Crippen molar-refractivity contribution < 1.29 is 4.79 Å². The van der Waals surface area contributed by atoms with Crippen molar-refractivity contribution >= 4 is 5.78 Å². The molecule has 0 aromatic rings. The average Bonchev–Trinajstić information content (AvgIpc) is 2.19. The van der Waals surface area contributed by atoms with Crippen LogP contribution in [0.15, 0.2) is 12.2 Å². The van der Waals surface area contributed by atoms with E-state index in [1.165, 1.54) is 25.7 Å². The summed E-state index contributed by atoms with van der Waals surface area (Å²) in [5, 5.41) is 0. The van der Waals surface area contributed by atoms with Gasteiger partial charge in [-0.05, 0) is 25.2 Å². The third-order valence-electron chi connectivity index (χ3n) is 3.22. The van der Waals surface area contributed by atoms with Crippen LogP contribution >= 0.6 is 0 Å². The molecule has 0 N–H and O–H groups in total. The third kappa shape index (κ3) is 3.28. The first-order valence-corrected chi connectivity index (χ1v) is 5.95. The van der Waals surface area contributed by atoms with E-state index in [1.807, 2.05) is 0 Å². The van der Waals surface area contributed by atoms with Gasteiger partial charge in [0, 0.05) is 12.3 Å². The number of carbonyl (C=O) groups is 1. The van der Waals surface area contributed by atoms with Crippen molar-refractivity contribution in [3.63, 3.8) is 0 Å². The van der Waals surface area contributed by atoms with E-state index >= 15 is 0 Å². The quantitative estimate of drug-likeness (QED) is 0.492. The van der Waals surface area contributed by atoms with Gasteiger partial charge in [-0.2, -0.15) is 0 Å². The standard InChI is InChI=1S/C13H22O/c1-3-4-5-6-8-12-9-7-10-13(14)11(12)2/h6,8,11-12H,3-5,7,9-10H2,1-2H3/b8-6+/t11-,12-/m1/s1. The van der Waals surface area contributed by atoms with Crippen LogP contribution in [0.25, 0.3) is 0 Å². The first kappa shape index (κ1) is 11.5. The summed E-state index contributed by atoms with van der Waals surface area (Å²) in [4.78, 5) is 11.5. The summed E-state index contributed by atoms with van der Waals surface area (Å²) in [6.07, 6.45) is 11.3. The van der Waals surface area contributed by atoms with Gasteiger partial charge in [0.15, 0.2) is 0 Å². The van der Waals surface area contributed by atoms with Gasteiger partial charge in [-0.15, -0.1) is 0 Å². The monoisotopic (exact) mass is 194 g/mol. The largest absolute Gasteiger partial charge is 0.299 e. The Morgan fingerprint density at radius 1 is 1.50 bits per heavy atom. The Balaban J connectivity index is 2.35. The maximum Gasteiger partial charge on any atom is 0.136 e. The second-order valence-electron chi connectivity index (χ2n) is 4.38. The predicted octanol–water partition coefficient (Wildman–Crippen LogP) is 3.74. The fraction of sp³-hybridized carbons (Fsp3) is 0.769. The van der Waals surface area contributed by atoms with Gasteiger partial charge >= 0.3 is 0 Å². The molecule has 14 heavy (non-hydrogen) atoms. The van der Waals surface area contributed by atoms with Crippen molar-refractivity contribution in [1.82, 2.24) is 0 Å². The van der Waals surface area contributed by atoms with Crippen LogP contribution in [0.5, 0.6) is 0 Å². The molecule has 1 saturated carbocycles. The first-order valence-electron chi connectivity index (χ1n) is 5.95. The minimum absolute atomic E-state index is 0.265. The molecule has 0 aromatic carbocycles. The lowest BCUT2D eigenvalue weighted by Crippen LogP contribution is -2.24. The van der Waals surface area contributed by atoms with Gasteiger partial charge in [0.05, 0.1) is 0 Å². The van der Waals surface area contributed by atoms with Crippen molar-refractivity contribution in [2.24, 2.45) is 11.8 Å². The maximum absolute atomic E-state index is 11.5. The summed E-state index contributed by atoms with van der Waals surface area (Å²) in [7, 11) is 0. The summed E-state index contributed by atoms with van der Waals surface area (Å²) in [6.45, 7) is 4.29. The molecule has 0 bridgehead atoms. The molecule has 0 aliphatic heterocycles. The normalized spacial score (nSPS) is 28.6. The van der Waals surface area contributed by atoms with E-state index in [2.05, 4.69) is 26.0 Å². The topological polar surface area (TPSA) is 17.1 Å². The number of Topliss-reactive ketones (excluding diaryl/α,β-unsaturated/α-hetero) is 1. The van der Waals surface area contributed by atoms with Crippen molar-refractivity contribution in [2.75, 3.05) is 0 Å². The van der Waals surface area contributed by atoms with E-state index in [-0.39, 0.29) is 5.92 Å². The number of rotatable bonds is 4. The van der Waals surface area contributed by atoms with Crippen LogP contribution in [0.3, 0.4) is 0 Å². The second-order valence-corrected chi connectivity index (χ2v) is 4.38. The molecular formula is C13H22O. The first-order chi connectivity index (χ1) is 6.75. The highest BCUT2D eigenvalue weighted by Gasteiger charge is 2.25. The van der Waals surface area contributed by atoms with Crippen molar-refractivity contribution in [1.29, 1.82) is 0 Å². The number of hydrogen-bond donors (Lipinski definition) is 0. The summed E-state index contributed by atoms with van der Waals surface area (Å²) < 4.78 is 0.